The van der Waals surface area contributed by atoms with Gasteiger partial charge in [-0.2, -0.15) is 0 Å². The molecule has 0 aliphatic heterocycles. The standard InChI is InChI=1S/C18H19N3O3/c1-4-23-18(22)14-12(3)24-17-15(14)16(19-10-20-17)21-11(2)13-8-6-5-7-9-13/h5-11H,4H2,1-3H3,(H,19,20,21). The topological polar surface area (TPSA) is 77.2 Å². The molecule has 0 spiro atoms. The lowest BCUT2D eigenvalue weighted by Crippen LogP contribution is -2.10. The number of carbonyl (C=O) groups excluding carboxylic acids is 1. The van der Waals surface area contributed by atoms with Gasteiger partial charge in [-0.15, -0.1) is 0 Å². The first-order chi connectivity index (χ1) is 11.6. The number of aryl methyl sites for hydroxylation is 1. The summed E-state index contributed by atoms with van der Waals surface area (Å²) >= 11 is 0. The highest BCUT2D eigenvalue weighted by atomic mass is 16.5. The van der Waals surface area contributed by atoms with Crippen molar-refractivity contribution in [2.24, 2.45) is 0 Å². The molecule has 0 amide bonds. The maximum absolute atomic E-state index is 12.3. The number of hydrogen-bond donors (Lipinski definition) is 1. The monoisotopic (exact) mass is 325 g/mol. The minimum absolute atomic E-state index is 0.00884. The van der Waals surface area contributed by atoms with E-state index >= 15 is 0 Å². The van der Waals surface area contributed by atoms with Gasteiger partial charge in [-0.05, 0) is 26.3 Å². The summed E-state index contributed by atoms with van der Waals surface area (Å²) in [6.45, 7) is 5.81. The lowest BCUT2D eigenvalue weighted by Gasteiger charge is -2.15. The number of benzene rings is 1. The molecule has 124 valence electrons. The molecule has 6 nitrogen and oxygen atoms in total. The summed E-state index contributed by atoms with van der Waals surface area (Å²) in [4.78, 5) is 20.7. The third-order valence-corrected chi connectivity index (χ3v) is 3.80. The van der Waals surface area contributed by atoms with Crippen molar-refractivity contribution in [3.8, 4) is 0 Å². The number of esters is 1. The number of nitrogens with one attached hydrogen (secondary N) is 1. The number of anilines is 1. The molecule has 2 aromatic heterocycles. The van der Waals surface area contributed by atoms with E-state index in [9.17, 15) is 4.79 Å². The molecule has 0 radical (unpaired) electrons. The average Bonchev–Trinajstić information content (AvgIpc) is 2.93. The zero-order chi connectivity index (χ0) is 17.1. The Morgan fingerprint density at radius 1 is 1.29 bits per heavy atom. The minimum atomic E-state index is -0.432. The lowest BCUT2D eigenvalue weighted by atomic mass is 10.1. The fourth-order valence-corrected chi connectivity index (χ4v) is 2.63. The Kier molecular flexibility index (Phi) is 4.46. The van der Waals surface area contributed by atoms with Crippen LogP contribution in [0.4, 0.5) is 5.82 Å². The van der Waals surface area contributed by atoms with Crippen LogP contribution in [0, 0.1) is 6.92 Å². The second-order valence-corrected chi connectivity index (χ2v) is 5.43. The highest BCUT2D eigenvalue weighted by molar-refractivity contribution is 6.07. The largest absolute Gasteiger partial charge is 0.462 e. The Hall–Kier alpha value is -2.89. The Labute approximate surface area is 139 Å². The van der Waals surface area contributed by atoms with Crippen LogP contribution in [0.15, 0.2) is 41.1 Å². The van der Waals surface area contributed by atoms with Gasteiger partial charge < -0.3 is 14.5 Å². The van der Waals surface area contributed by atoms with E-state index in [1.54, 1.807) is 13.8 Å². The van der Waals surface area contributed by atoms with Gasteiger partial charge >= 0.3 is 5.97 Å². The van der Waals surface area contributed by atoms with Crippen LogP contribution >= 0.6 is 0 Å². The van der Waals surface area contributed by atoms with E-state index in [-0.39, 0.29) is 6.04 Å². The van der Waals surface area contributed by atoms with Gasteiger partial charge in [0.05, 0.1) is 12.0 Å². The molecule has 3 rings (SSSR count). The van der Waals surface area contributed by atoms with Crippen LogP contribution in [0.5, 0.6) is 0 Å². The summed E-state index contributed by atoms with van der Waals surface area (Å²) in [6.07, 6.45) is 1.42. The molecule has 0 saturated heterocycles. The average molecular weight is 325 g/mol. The normalized spacial score (nSPS) is 12.1. The first-order valence-corrected chi connectivity index (χ1v) is 7.84. The summed E-state index contributed by atoms with van der Waals surface area (Å²) in [5.41, 5.74) is 1.85. The lowest BCUT2D eigenvalue weighted by molar-refractivity contribution is 0.0526. The predicted molar refractivity (Wildman–Crippen MR) is 91.0 cm³/mol. The van der Waals surface area contributed by atoms with Crippen LogP contribution in [0.1, 0.15) is 41.6 Å². The predicted octanol–water partition coefficient (Wildman–Crippen LogP) is 3.88. The van der Waals surface area contributed by atoms with E-state index in [4.69, 9.17) is 9.15 Å². The molecule has 24 heavy (non-hydrogen) atoms. The second kappa shape index (κ2) is 6.70. The molecule has 0 saturated carbocycles. The van der Waals surface area contributed by atoms with Crippen molar-refractivity contribution in [1.82, 2.24) is 9.97 Å². The number of carbonyl (C=O) groups is 1. The zero-order valence-corrected chi connectivity index (χ0v) is 13.9. The van der Waals surface area contributed by atoms with E-state index in [0.717, 1.165) is 5.56 Å². The Morgan fingerprint density at radius 3 is 2.75 bits per heavy atom. The molecule has 1 aromatic carbocycles. The molecule has 3 aromatic rings. The van der Waals surface area contributed by atoms with E-state index in [1.165, 1.54) is 6.33 Å². The van der Waals surface area contributed by atoms with Gasteiger partial charge in [0, 0.05) is 6.04 Å². The van der Waals surface area contributed by atoms with Crippen LogP contribution in [0.3, 0.4) is 0 Å². The van der Waals surface area contributed by atoms with E-state index < -0.39 is 5.97 Å². The Bertz CT molecular complexity index is 859. The van der Waals surface area contributed by atoms with Gasteiger partial charge in [-0.3, -0.25) is 0 Å². The number of ether oxygens (including phenoxy) is 1. The maximum Gasteiger partial charge on any atom is 0.342 e. The van der Waals surface area contributed by atoms with Crippen LogP contribution in [-0.2, 0) is 4.74 Å². The van der Waals surface area contributed by atoms with E-state index in [2.05, 4.69) is 15.3 Å². The number of nitrogens with zero attached hydrogens (tertiary/aromatic N) is 2. The van der Waals surface area contributed by atoms with Gasteiger partial charge in [-0.1, -0.05) is 30.3 Å². The molecule has 0 aliphatic carbocycles. The zero-order valence-electron chi connectivity index (χ0n) is 13.9. The molecule has 1 unspecified atom stereocenters. The van der Waals surface area contributed by atoms with Gasteiger partial charge in [0.1, 0.15) is 23.5 Å². The summed E-state index contributed by atoms with van der Waals surface area (Å²) in [5, 5.41) is 3.89. The molecule has 1 atom stereocenters. The first kappa shape index (κ1) is 16.0. The number of fused-ring (bicyclic) bond motifs is 1. The van der Waals surface area contributed by atoms with E-state index in [0.29, 0.717) is 34.8 Å². The van der Waals surface area contributed by atoms with Crippen LogP contribution < -0.4 is 5.32 Å². The summed E-state index contributed by atoms with van der Waals surface area (Å²) in [6, 6.07) is 10.0. The molecule has 0 aliphatic rings. The van der Waals surface area contributed by atoms with Crippen molar-refractivity contribution in [3.63, 3.8) is 0 Å². The Morgan fingerprint density at radius 2 is 2.04 bits per heavy atom. The third kappa shape index (κ3) is 2.95. The summed E-state index contributed by atoms with van der Waals surface area (Å²) in [7, 11) is 0. The van der Waals surface area contributed by atoms with Crippen LogP contribution in [0.25, 0.3) is 11.1 Å². The number of rotatable bonds is 5. The first-order valence-electron chi connectivity index (χ1n) is 7.84. The highest BCUT2D eigenvalue weighted by Crippen LogP contribution is 2.31. The maximum atomic E-state index is 12.3. The molecule has 1 N–H and O–H groups in total. The Balaban J connectivity index is 2.03. The van der Waals surface area contributed by atoms with Crippen molar-refractivity contribution in [2.45, 2.75) is 26.8 Å². The van der Waals surface area contributed by atoms with E-state index in [1.807, 2.05) is 37.3 Å². The minimum Gasteiger partial charge on any atom is -0.462 e. The number of furan rings is 1. The fourth-order valence-electron chi connectivity index (χ4n) is 2.63. The van der Waals surface area contributed by atoms with Crippen molar-refractivity contribution in [1.29, 1.82) is 0 Å². The summed E-state index contributed by atoms with van der Waals surface area (Å²) in [5.74, 6) is 0.592. The molecule has 0 bridgehead atoms. The van der Waals surface area contributed by atoms with Gasteiger partial charge in [0.2, 0.25) is 5.71 Å². The molecular formula is C18H19N3O3. The molecule has 6 heteroatoms. The number of aromatic nitrogens is 2. The van der Waals surface area contributed by atoms with Crippen LogP contribution in [0.2, 0.25) is 0 Å². The smallest absolute Gasteiger partial charge is 0.342 e. The molecule has 0 fully saturated rings. The van der Waals surface area contributed by atoms with Crippen molar-refractivity contribution in [2.75, 3.05) is 11.9 Å². The summed E-state index contributed by atoms with van der Waals surface area (Å²) < 4.78 is 10.7. The quantitative estimate of drug-likeness (QED) is 0.717. The fraction of sp³-hybridized carbons (Fsp3) is 0.278. The second-order valence-electron chi connectivity index (χ2n) is 5.43. The van der Waals surface area contributed by atoms with Crippen molar-refractivity contribution < 1.29 is 13.9 Å². The third-order valence-electron chi connectivity index (χ3n) is 3.80. The van der Waals surface area contributed by atoms with Gasteiger partial charge in [0.25, 0.3) is 0 Å². The highest BCUT2D eigenvalue weighted by Gasteiger charge is 2.24. The SMILES string of the molecule is CCOC(=O)c1c(C)oc2ncnc(NC(C)c3ccccc3)c12. The van der Waals surface area contributed by atoms with Crippen molar-refractivity contribution >= 4 is 22.9 Å². The molecule has 2 heterocycles. The number of hydrogen-bond acceptors (Lipinski definition) is 6. The van der Waals surface area contributed by atoms with Gasteiger partial charge in [-0.25, -0.2) is 14.8 Å². The van der Waals surface area contributed by atoms with Crippen LogP contribution in [-0.4, -0.2) is 22.5 Å². The molecular weight excluding hydrogens is 306 g/mol. The van der Waals surface area contributed by atoms with Crippen molar-refractivity contribution in [3.05, 3.63) is 53.5 Å². The van der Waals surface area contributed by atoms with Gasteiger partial charge in [0.15, 0.2) is 0 Å².